The molecule has 90 valence electrons. The monoisotopic (exact) mass is 224 g/mol. The van der Waals surface area contributed by atoms with Gasteiger partial charge in [0, 0.05) is 19.3 Å². The van der Waals surface area contributed by atoms with Crippen molar-refractivity contribution in [3.63, 3.8) is 0 Å². The number of hydrogen-bond acceptors (Lipinski definition) is 4. The van der Waals surface area contributed by atoms with Crippen LogP contribution in [0.5, 0.6) is 0 Å². The third-order valence-corrected chi connectivity index (χ3v) is 2.44. The maximum absolute atomic E-state index is 9.17. The largest absolute Gasteiger partial charge is 0.395 e. The second-order valence-electron chi connectivity index (χ2n) is 3.88. The van der Waals surface area contributed by atoms with Crippen LogP contribution < -0.4 is 4.90 Å². The van der Waals surface area contributed by atoms with Gasteiger partial charge >= 0.3 is 0 Å². The minimum atomic E-state index is 0.0270. The normalized spacial score (nSPS) is 10.5. The van der Waals surface area contributed by atoms with Crippen molar-refractivity contribution < 1.29 is 10.2 Å². The quantitative estimate of drug-likeness (QED) is 0.755. The van der Waals surface area contributed by atoms with E-state index >= 15 is 0 Å². The summed E-state index contributed by atoms with van der Waals surface area (Å²) in [5.41, 5.74) is 1.87. The Morgan fingerprint density at radius 1 is 1.31 bits per heavy atom. The molecule has 0 spiro atoms. The number of pyridine rings is 1. The summed E-state index contributed by atoms with van der Waals surface area (Å²) in [6, 6.07) is 3.79. The van der Waals surface area contributed by atoms with Crippen LogP contribution in [0.25, 0.3) is 0 Å². The number of hydrogen-bond donors (Lipinski definition) is 2. The first-order valence-corrected chi connectivity index (χ1v) is 5.64. The van der Waals surface area contributed by atoms with Gasteiger partial charge < -0.3 is 15.1 Å². The molecule has 0 amide bonds. The van der Waals surface area contributed by atoms with Crippen LogP contribution >= 0.6 is 0 Å². The molecule has 1 rings (SSSR count). The molecule has 0 unspecified atom stereocenters. The van der Waals surface area contributed by atoms with Crippen LogP contribution in [0.4, 0.5) is 5.82 Å². The first kappa shape index (κ1) is 12.9. The number of aliphatic hydroxyl groups excluding tert-OH is 2. The number of anilines is 1. The molecule has 0 aliphatic heterocycles. The van der Waals surface area contributed by atoms with Crippen LogP contribution in [0.1, 0.15) is 24.6 Å². The van der Waals surface area contributed by atoms with Crippen LogP contribution in [-0.4, -0.2) is 35.4 Å². The molecule has 0 saturated heterocycles. The predicted octanol–water partition coefficient (Wildman–Crippen LogP) is 0.955. The van der Waals surface area contributed by atoms with Crippen molar-refractivity contribution in [3.8, 4) is 0 Å². The molecular formula is C12H20N2O2. The third kappa shape index (κ3) is 3.47. The highest BCUT2D eigenvalue weighted by Gasteiger charge is 2.06. The Labute approximate surface area is 96.6 Å². The van der Waals surface area contributed by atoms with E-state index in [-0.39, 0.29) is 13.2 Å². The van der Waals surface area contributed by atoms with E-state index in [2.05, 4.69) is 11.9 Å². The molecule has 0 atom stereocenters. The molecule has 0 bridgehead atoms. The number of aryl methyl sites for hydroxylation is 1. The number of nitrogens with zero attached hydrogens (tertiary/aromatic N) is 2. The molecule has 0 aromatic carbocycles. The van der Waals surface area contributed by atoms with Gasteiger partial charge in [-0.15, -0.1) is 0 Å². The van der Waals surface area contributed by atoms with Gasteiger partial charge in [-0.3, -0.25) is 0 Å². The van der Waals surface area contributed by atoms with Gasteiger partial charge in [0.15, 0.2) is 0 Å². The zero-order valence-corrected chi connectivity index (χ0v) is 9.98. The fraction of sp³-hybridized carbons (Fsp3) is 0.583. The van der Waals surface area contributed by atoms with Gasteiger partial charge in [-0.25, -0.2) is 4.98 Å². The fourth-order valence-corrected chi connectivity index (χ4v) is 1.57. The zero-order valence-electron chi connectivity index (χ0n) is 9.98. The van der Waals surface area contributed by atoms with E-state index < -0.39 is 0 Å². The maximum Gasteiger partial charge on any atom is 0.128 e. The summed E-state index contributed by atoms with van der Waals surface area (Å²) in [5.74, 6) is 0.809. The van der Waals surface area contributed by atoms with Gasteiger partial charge in [0.2, 0.25) is 0 Å². The lowest BCUT2D eigenvalue weighted by Gasteiger charge is -2.18. The van der Waals surface area contributed by atoms with E-state index in [1.54, 1.807) is 0 Å². The van der Waals surface area contributed by atoms with E-state index in [4.69, 9.17) is 5.11 Å². The third-order valence-electron chi connectivity index (χ3n) is 2.44. The van der Waals surface area contributed by atoms with Crippen molar-refractivity contribution in [3.05, 3.63) is 23.4 Å². The minimum Gasteiger partial charge on any atom is -0.395 e. The molecule has 16 heavy (non-hydrogen) atoms. The Bertz CT molecular complexity index is 329. The first-order valence-electron chi connectivity index (χ1n) is 5.64. The predicted molar refractivity (Wildman–Crippen MR) is 64.5 cm³/mol. The highest BCUT2D eigenvalue weighted by Crippen LogP contribution is 2.15. The zero-order chi connectivity index (χ0) is 12.0. The lowest BCUT2D eigenvalue weighted by molar-refractivity contribution is 0.281. The average Bonchev–Trinajstić information content (AvgIpc) is 2.29. The summed E-state index contributed by atoms with van der Waals surface area (Å²) in [4.78, 5) is 6.38. The summed E-state index contributed by atoms with van der Waals surface area (Å²) in [7, 11) is 1.88. The minimum absolute atomic E-state index is 0.0270. The van der Waals surface area contributed by atoms with Crippen molar-refractivity contribution in [2.45, 2.75) is 26.4 Å². The number of aromatic nitrogens is 1. The van der Waals surface area contributed by atoms with Crippen LogP contribution in [0, 0.1) is 0 Å². The van der Waals surface area contributed by atoms with Crippen LogP contribution in [0.2, 0.25) is 0 Å². The Morgan fingerprint density at radius 2 is 2.06 bits per heavy atom. The second-order valence-corrected chi connectivity index (χ2v) is 3.88. The summed E-state index contributed by atoms with van der Waals surface area (Å²) < 4.78 is 0. The highest BCUT2D eigenvalue weighted by atomic mass is 16.3. The van der Waals surface area contributed by atoms with E-state index in [1.807, 2.05) is 24.1 Å². The lowest BCUT2D eigenvalue weighted by atomic mass is 10.1. The Morgan fingerprint density at radius 3 is 2.62 bits per heavy atom. The van der Waals surface area contributed by atoms with Crippen molar-refractivity contribution in [2.75, 3.05) is 25.1 Å². The molecule has 0 saturated carbocycles. The topological polar surface area (TPSA) is 56.6 Å². The molecule has 1 aromatic rings. The van der Waals surface area contributed by atoms with Gasteiger partial charge in [-0.1, -0.05) is 13.3 Å². The van der Waals surface area contributed by atoms with Crippen molar-refractivity contribution in [1.82, 2.24) is 4.98 Å². The fourth-order valence-electron chi connectivity index (χ4n) is 1.57. The summed E-state index contributed by atoms with van der Waals surface area (Å²) in [6.45, 7) is 2.78. The molecule has 4 nitrogen and oxygen atoms in total. The van der Waals surface area contributed by atoms with Gasteiger partial charge in [0.25, 0.3) is 0 Å². The number of rotatable bonds is 6. The molecule has 0 fully saturated rings. The van der Waals surface area contributed by atoms with Gasteiger partial charge in [-0.2, -0.15) is 0 Å². The van der Waals surface area contributed by atoms with E-state index in [1.165, 1.54) is 0 Å². The van der Waals surface area contributed by atoms with Gasteiger partial charge in [0.05, 0.1) is 13.2 Å². The van der Waals surface area contributed by atoms with Gasteiger partial charge in [0.1, 0.15) is 5.82 Å². The van der Waals surface area contributed by atoms with E-state index in [9.17, 15) is 5.11 Å². The smallest absolute Gasteiger partial charge is 0.128 e. The lowest BCUT2D eigenvalue weighted by Crippen LogP contribution is -2.22. The van der Waals surface area contributed by atoms with Crippen molar-refractivity contribution in [2.24, 2.45) is 0 Å². The van der Waals surface area contributed by atoms with E-state index in [0.29, 0.717) is 6.54 Å². The Kier molecular flexibility index (Phi) is 5.22. The molecular weight excluding hydrogens is 204 g/mol. The maximum atomic E-state index is 9.17. The Hall–Kier alpha value is -1.13. The van der Waals surface area contributed by atoms with Crippen LogP contribution in [-0.2, 0) is 13.0 Å². The Balaban J connectivity index is 2.93. The van der Waals surface area contributed by atoms with Crippen LogP contribution in [0.15, 0.2) is 12.1 Å². The molecule has 2 N–H and O–H groups in total. The van der Waals surface area contributed by atoms with Crippen molar-refractivity contribution >= 4 is 5.82 Å². The molecule has 1 heterocycles. The second kappa shape index (κ2) is 6.45. The molecule has 0 radical (unpaired) electrons. The average molecular weight is 224 g/mol. The molecule has 0 aliphatic carbocycles. The number of likely N-dealkylation sites (N-methyl/N-ethyl adjacent to an activating group) is 1. The van der Waals surface area contributed by atoms with Crippen molar-refractivity contribution in [1.29, 1.82) is 0 Å². The SMILES string of the molecule is CCCc1cc(CO)cc(N(C)CCO)n1. The number of aliphatic hydroxyl groups is 2. The van der Waals surface area contributed by atoms with Gasteiger partial charge in [-0.05, 0) is 24.1 Å². The molecule has 4 heteroatoms. The summed E-state index contributed by atoms with van der Waals surface area (Å²) in [6.07, 6.45) is 1.94. The summed E-state index contributed by atoms with van der Waals surface area (Å²) >= 11 is 0. The standard InChI is InChI=1S/C12H20N2O2/c1-3-4-11-7-10(9-16)8-12(13-11)14(2)5-6-15/h7-8,15-16H,3-6,9H2,1-2H3. The first-order chi connectivity index (χ1) is 7.71. The van der Waals surface area contributed by atoms with E-state index in [0.717, 1.165) is 29.9 Å². The molecule has 1 aromatic heterocycles. The van der Waals surface area contributed by atoms with Crippen LogP contribution in [0.3, 0.4) is 0 Å². The summed E-state index contributed by atoms with van der Waals surface area (Å²) in [5, 5.41) is 18.0. The molecule has 0 aliphatic rings. The highest BCUT2D eigenvalue weighted by molar-refractivity contribution is 5.41.